The molecule has 30 heavy (non-hydrogen) atoms. The summed E-state index contributed by atoms with van der Waals surface area (Å²) in [5.74, 6) is 0.164. The Balaban J connectivity index is 1.40. The number of anilines is 1. The van der Waals surface area contributed by atoms with E-state index in [2.05, 4.69) is 36.1 Å². The van der Waals surface area contributed by atoms with Crippen molar-refractivity contribution >= 4 is 28.0 Å². The molecule has 158 valence electrons. The SMILES string of the molecule is Cc1sc(N2CC=CCC2)nc1CCOc1cccc2c1CCC=C2CCC(=O)O. The molecule has 2 aromatic rings. The van der Waals surface area contributed by atoms with E-state index in [0.717, 1.165) is 66.5 Å². The standard InChI is InChI=1S/C24H28N2O3S/c1-17-21(25-24(30-17)26-14-3-2-4-15-26)13-16-29-22-10-6-8-19-18(11-12-23(27)28)7-5-9-20(19)22/h2-3,6-8,10H,4-5,9,11-16H2,1H3,(H,27,28). The maximum Gasteiger partial charge on any atom is 0.303 e. The lowest BCUT2D eigenvalue weighted by Gasteiger charge is -2.22. The zero-order chi connectivity index (χ0) is 20.9. The second kappa shape index (κ2) is 9.47. The molecule has 0 fully saturated rings. The van der Waals surface area contributed by atoms with Crippen molar-refractivity contribution in [3.05, 3.63) is 58.1 Å². The summed E-state index contributed by atoms with van der Waals surface area (Å²) in [6.07, 6.45) is 11.1. The number of aliphatic carboxylic acids is 1. The predicted molar refractivity (Wildman–Crippen MR) is 122 cm³/mol. The number of carboxylic acids is 1. The quantitative estimate of drug-likeness (QED) is 0.602. The molecule has 0 bridgehead atoms. The van der Waals surface area contributed by atoms with E-state index in [1.165, 1.54) is 10.4 Å². The second-order valence-corrected chi connectivity index (χ2v) is 8.93. The van der Waals surface area contributed by atoms with Crippen molar-refractivity contribution in [1.29, 1.82) is 0 Å². The van der Waals surface area contributed by atoms with Crippen LogP contribution in [0.15, 0.2) is 36.4 Å². The zero-order valence-corrected chi connectivity index (χ0v) is 18.2. The van der Waals surface area contributed by atoms with Gasteiger partial charge in [0.2, 0.25) is 0 Å². The van der Waals surface area contributed by atoms with Gasteiger partial charge in [0, 0.05) is 36.4 Å². The molecule has 2 aliphatic rings. The number of nitrogens with zero attached hydrogens (tertiary/aromatic N) is 2. The smallest absolute Gasteiger partial charge is 0.303 e. The van der Waals surface area contributed by atoms with Crippen LogP contribution in [0.3, 0.4) is 0 Å². The van der Waals surface area contributed by atoms with E-state index in [4.69, 9.17) is 14.8 Å². The Morgan fingerprint density at radius 1 is 1.27 bits per heavy atom. The number of carboxylic acid groups (broad SMARTS) is 1. The molecule has 6 heteroatoms. The highest BCUT2D eigenvalue weighted by atomic mass is 32.1. The summed E-state index contributed by atoms with van der Waals surface area (Å²) in [7, 11) is 0. The molecule has 1 aromatic carbocycles. The van der Waals surface area contributed by atoms with Crippen LogP contribution in [0.25, 0.3) is 5.57 Å². The first-order valence-electron chi connectivity index (χ1n) is 10.6. The highest BCUT2D eigenvalue weighted by Gasteiger charge is 2.18. The fourth-order valence-electron chi connectivity index (χ4n) is 4.09. The van der Waals surface area contributed by atoms with E-state index in [9.17, 15) is 4.79 Å². The van der Waals surface area contributed by atoms with E-state index in [0.29, 0.717) is 13.0 Å². The number of rotatable bonds is 8. The predicted octanol–water partition coefficient (Wildman–Crippen LogP) is 5.03. The number of benzene rings is 1. The third-order valence-electron chi connectivity index (χ3n) is 5.68. The van der Waals surface area contributed by atoms with Gasteiger partial charge in [0.05, 0.1) is 12.3 Å². The van der Waals surface area contributed by atoms with Crippen molar-refractivity contribution in [1.82, 2.24) is 4.98 Å². The van der Waals surface area contributed by atoms with Crippen LogP contribution in [0.4, 0.5) is 5.13 Å². The van der Waals surface area contributed by atoms with E-state index in [1.807, 2.05) is 12.1 Å². The van der Waals surface area contributed by atoms with Crippen LogP contribution < -0.4 is 9.64 Å². The summed E-state index contributed by atoms with van der Waals surface area (Å²) < 4.78 is 6.19. The molecule has 1 aromatic heterocycles. The number of aryl methyl sites for hydroxylation is 1. The van der Waals surface area contributed by atoms with E-state index < -0.39 is 5.97 Å². The summed E-state index contributed by atoms with van der Waals surface area (Å²) in [6, 6.07) is 6.11. The van der Waals surface area contributed by atoms with Crippen molar-refractivity contribution in [3.63, 3.8) is 0 Å². The van der Waals surface area contributed by atoms with Gasteiger partial charge in [0.1, 0.15) is 5.75 Å². The van der Waals surface area contributed by atoms with Gasteiger partial charge in [-0.05, 0) is 49.8 Å². The van der Waals surface area contributed by atoms with Crippen LogP contribution in [0.2, 0.25) is 0 Å². The highest BCUT2D eigenvalue weighted by Crippen LogP contribution is 2.35. The largest absolute Gasteiger partial charge is 0.493 e. The Bertz CT molecular complexity index is 977. The fourth-order valence-corrected chi connectivity index (χ4v) is 5.08. The van der Waals surface area contributed by atoms with Crippen LogP contribution in [0.5, 0.6) is 5.75 Å². The Morgan fingerprint density at radius 2 is 2.17 bits per heavy atom. The first-order chi connectivity index (χ1) is 14.6. The van der Waals surface area contributed by atoms with Gasteiger partial charge in [0.15, 0.2) is 5.13 Å². The van der Waals surface area contributed by atoms with Crippen molar-refractivity contribution in [2.75, 3.05) is 24.6 Å². The molecule has 0 unspecified atom stereocenters. The van der Waals surface area contributed by atoms with Crippen LogP contribution >= 0.6 is 11.3 Å². The number of hydrogen-bond acceptors (Lipinski definition) is 5. The minimum Gasteiger partial charge on any atom is -0.493 e. The molecular weight excluding hydrogens is 396 g/mol. The van der Waals surface area contributed by atoms with Crippen molar-refractivity contribution in [2.24, 2.45) is 0 Å². The fraction of sp³-hybridized carbons (Fsp3) is 0.417. The number of hydrogen-bond donors (Lipinski definition) is 1. The molecule has 2 heterocycles. The van der Waals surface area contributed by atoms with Gasteiger partial charge in [-0.3, -0.25) is 4.79 Å². The van der Waals surface area contributed by atoms with Crippen molar-refractivity contribution in [3.8, 4) is 5.75 Å². The zero-order valence-electron chi connectivity index (χ0n) is 17.4. The Morgan fingerprint density at radius 3 is 2.97 bits per heavy atom. The van der Waals surface area contributed by atoms with Crippen molar-refractivity contribution < 1.29 is 14.6 Å². The van der Waals surface area contributed by atoms with Gasteiger partial charge in [-0.2, -0.15) is 0 Å². The Hall–Kier alpha value is -2.60. The molecule has 0 saturated carbocycles. The molecule has 0 saturated heterocycles. The van der Waals surface area contributed by atoms with Gasteiger partial charge in [-0.1, -0.05) is 30.4 Å². The molecule has 5 nitrogen and oxygen atoms in total. The van der Waals surface area contributed by atoms with Gasteiger partial charge in [-0.15, -0.1) is 11.3 Å². The highest BCUT2D eigenvalue weighted by molar-refractivity contribution is 7.15. The van der Waals surface area contributed by atoms with Gasteiger partial charge < -0.3 is 14.7 Å². The third-order valence-corrected chi connectivity index (χ3v) is 6.75. The number of aromatic nitrogens is 1. The average molecular weight is 425 g/mol. The summed E-state index contributed by atoms with van der Waals surface area (Å²) in [6.45, 7) is 4.71. The maximum absolute atomic E-state index is 11.0. The van der Waals surface area contributed by atoms with E-state index in [1.54, 1.807) is 11.3 Å². The third kappa shape index (κ3) is 4.75. The van der Waals surface area contributed by atoms with Crippen LogP contribution in [0.1, 0.15) is 47.4 Å². The number of carbonyl (C=O) groups is 1. The maximum atomic E-state index is 11.0. The van der Waals surface area contributed by atoms with Crippen LogP contribution in [-0.2, 0) is 17.6 Å². The first-order valence-corrected chi connectivity index (χ1v) is 11.5. The number of fused-ring (bicyclic) bond motifs is 1. The lowest BCUT2D eigenvalue weighted by Crippen LogP contribution is -2.26. The lowest BCUT2D eigenvalue weighted by atomic mass is 9.88. The molecule has 1 aliphatic carbocycles. The van der Waals surface area contributed by atoms with E-state index >= 15 is 0 Å². The summed E-state index contributed by atoms with van der Waals surface area (Å²) >= 11 is 1.77. The first kappa shape index (κ1) is 20.7. The summed E-state index contributed by atoms with van der Waals surface area (Å²) in [5, 5.41) is 10.1. The normalized spacial score (nSPS) is 15.6. The second-order valence-electron chi connectivity index (χ2n) is 7.75. The van der Waals surface area contributed by atoms with Gasteiger partial charge in [-0.25, -0.2) is 4.98 Å². The average Bonchev–Trinajstić information content (AvgIpc) is 3.13. The number of ether oxygens (including phenoxy) is 1. The Labute approximate surface area is 181 Å². The summed E-state index contributed by atoms with van der Waals surface area (Å²) in [4.78, 5) is 19.4. The van der Waals surface area contributed by atoms with Crippen LogP contribution in [0, 0.1) is 6.92 Å². The minimum absolute atomic E-state index is 0.161. The molecule has 1 aliphatic heterocycles. The molecule has 0 amide bonds. The van der Waals surface area contributed by atoms with Gasteiger partial charge >= 0.3 is 5.97 Å². The van der Waals surface area contributed by atoms with Crippen molar-refractivity contribution in [2.45, 2.75) is 45.4 Å². The monoisotopic (exact) mass is 424 g/mol. The molecule has 0 spiro atoms. The molecule has 0 atom stereocenters. The lowest BCUT2D eigenvalue weighted by molar-refractivity contribution is -0.136. The molecule has 1 N–H and O–H groups in total. The minimum atomic E-state index is -0.756. The molecule has 4 rings (SSSR count). The van der Waals surface area contributed by atoms with E-state index in [-0.39, 0.29) is 6.42 Å². The summed E-state index contributed by atoms with van der Waals surface area (Å²) in [5.41, 5.74) is 4.59. The molecule has 0 radical (unpaired) electrons. The number of allylic oxidation sites excluding steroid dienone is 2. The molecular formula is C24H28N2O3S. The van der Waals surface area contributed by atoms with Crippen LogP contribution in [-0.4, -0.2) is 35.8 Å². The Kier molecular flexibility index (Phi) is 6.53. The number of thiazole rings is 1. The topological polar surface area (TPSA) is 62.7 Å². The van der Waals surface area contributed by atoms with Gasteiger partial charge in [0.25, 0.3) is 0 Å².